The lowest BCUT2D eigenvalue weighted by Gasteiger charge is -2.26. The first kappa shape index (κ1) is 22.8. The van der Waals surface area contributed by atoms with E-state index in [1.165, 1.54) is 55.5 Å². The van der Waals surface area contributed by atoms with Gasteiger partial charge in [0.05, 0.1) is 18.3 Å². The number of nitrogens with zero attached hydrogens (tertiary/aromatic N) is 1. The van der Waals surface area contributed by atoms with Crippen molar-refractivity contribution in [1.82, 2.24) is 5.32 Å². The summed E-state index contributed by atoms with van der Waals surface area (Å²) >= 11 is 5.86. The van der Waals surface area contributed by atoms with Crippen molar-refractivity contribution in [3.05, 3.63) is 58.6 Å². The summed E-state index contributed by atoms with van der Waals surface area (Å²) in [6.45, 7) is 3.30. The van der Waals surface area contributed by atoms with Gasteiger partial charge in [0.1, 0.15) is 11.7 Å². The van der Waals surface area contributed by atoms with Crippen LogP contribution in [0.4, 0.5) is 10.5 Å². The van der Waals surface area contributed by atoms with Gasteiger partial charge in [0, 0.05) is 5.02 Å². The van der Waals surface area contributed by atoms with Crippen LogP contribution in [0.1, 0.15) is 19.4 Å². The number of carboxylic acids is 1. The van der Waals surface area contributed by atoms with Gasteiger partial charge in [-0.2, -0.15) is 0 Å². The summed E-state index contributed by atoms with van der Waals surface area (Å²) in [6.07, 6.45) is 0.0738. The van der Waals surface area contributed by atoms with Crippen LogP contribution in [0.2, 0.25) is 5.02 Å². The third kappa shape index (κ3) is 4.89. The van der Waals surface area contributed by atoms with Crippen LogP contribution < -0.4 is 24.8 Å². The monoisotopic (exact) mass is 457 g/mol. The normalized spacial score (nSPS) is 16.0. The Balaban J connectivity index is 1.96. The van der Waals surface area contributed by atoms with Gasteiger partial charge >= 0.3 is 6.03 Å². The number of ether oxygens (including phenoxy) is 2. The van der Waals surface area contributed by atoms with E-state index in [0.29, 0.717) is 10.6 Å². The third-order valence-electron chi connectivity index (χ3n) is 4.40. The predicted molar refractivity (Wildman–Crippen MR) is 113 cm³/mol. The summed E-state index contributed by atoms with van der Waals surface area (Å²) in [5, 5.41) is 13.5. The topological polar surface area (TPSA) is 125 Å². The van der Waals surface area contributed by atoms with Crippen LogP contribution in [0.5, 0.6) is 11.5 Å². The third-order valence-corrected chi connectivity index (χ3v) is 4.65. The molecule has 1 heterocycles. The fourth-order valence-corrected chi connectivity index (χ4v) is 2.99. The first-order valence-corrected chi connectivity index (χ1v) is 9.90. The summed E-state index contributed by atoms with van der Waals surface area (Å²) < 4.78 is 10.8. The van der Waals surface area contributed by atoms with Gasteiger partial charge in [0.15, 0.2) is 11.5 Å². The van der Waals surface area contributed by atoms with Gasteiger partial charge in [-0.05, 0) is 61.9 Å². The van der Waals surface area contributed by atoms with Crippen molar-refractivity contribution in [1.29, 1.82) is 0 Å². The Morgan fingerprint density at radius 3 is 2.47 bits per heavy atom. The zero-order chi connectivity index (χ0) is 23.4. The van der Waals surface area contributed by atoms with Crippen molar-refractivity contribution in [3.63, 3.8) is 0 Å². The molecule has 0 aromatic heterocycles. The van der Waals surface area contributed by atoms with Gasteiger partial charge in [-0.1, -0.05) is 17.7 Å². The highest BCUT2D eigenvalue weighted by molar-refractivity contribution is 6.39. The first-order chi connectivity index (χ1) is 15.2. The van der Waals surface area contributed by atoms with Gasteiger partial charge in [0.25, 0.3) is 11.8 Å². The number of imide groups is 2. The number of carbonyl (C=O) groups is 4. The molecule has 2 aromatic rings. The lowest BCUT2D eigenvalue weighted by molar-refractivity contribution is -0.312. The highest BCUT2D eigenvalue weighted by Gasteiger charge is 2.36. The summed E-state index contributed by atoms with van der Waals surface area (Å²) in [5.74, 6) is -2.69. The summed E-state index contributed by atoms with van der Waals surface area (Å²) in [5.41, 5.74) is 0.356. The number of urea groups is 1. The van der Waals surface area contributed by atoms with Crippen LogP contribution in [0.15, 0.2) is 48.0 Å². The number of aliphatic carboxylic acids is 1. The number of nitrogens with one attached hydrogen (secondary N) is 1. The van der Waals surface area contributed by atoms with Crippen molar-refractivity contribution in [2.75, 3.05) is 11.5 Å². The van der Waals surface area contributed by atoms with E-state index >= 15 is 0 Å². The van der Waals surface area contributed by atoms with Crippen molar-refractivity contribution in [2.45, 2.75) is 20.0 Å². The first-order valence-electron chi connectivity index (χ1n) is 9.52. The smallest absolute Gasteiger partial charge is 0.335 e. The van der Waals surface area contributed by atoms with Gasteiger partial charge in [-0.25, -0.2) is 9.69 Å². The number of hydrogen-bond acceptors (Lipinski definition) is 7. The fraction of sp³-hybridized carbons (Fsp3) is 0.182. The molecule has 1 fully saturated rings. The zero-order valence-corrected chi connectivity index (χ0v) is 17.8. The number of carbonyl (C=O) groups excluding carboxylic acids is 4. The standard InChI is InChI=1S/C22H19ClN2O7/c1-3-31-18-11-13(4-9-17(18)32-12(2)21(28)29)10-16-19(26)24-22(30)25(20(16)27)15-7-5-14(23)6-8-15/h4-12H,3H2,1-2H3,(H,28,29)(H,24,26,30)/p-1/b16-10+/t12-/m0/s1. The lowest BCUT2D eigenvalue weighted by Crippen LogP contribution is -2.54. The number of barbiturate groups is 1. The van der Waals surface area contributed by atoms with Gasteiger partial charge in [-0.3, -0.25) is 14.9 Å². The summed E-state index contributed by atoms with van der Waals surface area (Å²) in [7, 11) is 0. The minimum absolute atomic E-state index is 0.156. The number of rotatable bonds is 7. The molecule has 1 N–H and O–H groups in total. The molecule has 3 rings (SSSR count). The van der Waals surface area contributed by atoms with E-state index in [2.05, 4.69) is 5.32 Å². The Hall–Kier alpha value is -3.85. The molecular weight excluding hydrogens is 440 g/mol. The fourth-order valence-electron chi connectivity index (χ4n) is 2.87. The highest BCUT2D eigenvalue weighted by atomic mass is 35.5. The second-order valence-electron chi connectivity index (χ2n) is 6.65. The molecule has 9 nitrogen and oxygen atoms in total. The molecule has 0 saturated carbocycles. The van der Waals surface area contributed by atoms with Crippen LogP contribution in [0, 0.1) is 0 Å². The number of carboxylic acid groups (broad SMARTS) is 1. The van der Waals surface area contributed by atoms with E-state index in [4.69, 9.17) is 21.1 Å². The van der Waals surface area contributed by atoms with Gasteiger partial charge < -0.3 is 19.4 Å². The lowest BCUT2D eigenvalue weighted by atomic mass is 10.1. The molecule has 10 heteroatoms. The molecule has 0 radical (unpaired) electrons. The average Bonchev–Trinajstić information content (AvgIpc) is 2.74. The molecule has 2 aromatic carbocycles. The molecule has 0 spiro atoms. The van der Waals surface area contributed by atoms with E-state index in [1.54, 1.807) is 6.92 Å². The molecule has 1 aliphatic rings. The molecule has 0 unspecified atom stereocenters. The molecule has 1 saturated heterocycles. The van der Waals surface area contributed by atoms with Gasteiger partial charge in [-0.15, -0.1) is 0 Å². The molecule has 32 heavy (non-hydrogen) atoms. The van der Waals surface area contributed by atoms with Crippen molar-refractivity contribution in [2.24, 2.45) is 0 Å². The SMILES string of the molecule is CCOc1cc(/C=C2\C(=O)NC(=O)N(c3ccc(Cl)cc3)C2=O)ccc1O[C@@H](C)C(=O)[O-]. The Labute approximate surface area is 188 Å². The number of halogens is 1. The van der Waals surface area contributed by atoms with E-state index in [-0.39, 0.29) is 29.4 Å². The van der Waals surface area contributed by atoms with E-state index in [1.807, 2.05) is 0 Å². The quantitative estimate of drug-likeness (QED) is 0.497. The minimum Gasteiger partial charge on any atom is -0.546 e. The second-order valence-corrected chi connectivity index (χ2v) is 7.09. The average molecular weight is 458 g/mol. The van der Waals surface area contributed by atoms with E-state index in [9.17, 15) is 24.3 Å². The number of anilines is 1. The molecule has 4 amide bonds. The van der Waals surface area contributed by atoms with Crippen molar-refractivity contribution < 1.29 is 33.8 Å². The van der Waals surface area contributed by atoms with Crippen LogP contribution in [-0.2, 0) is 14.4 Å². The van der Waals surface area contributed by atoms with E-state index < -0.39 is 29.9 Å². The van der Waals surface area contributed by atoms with Crippen LogP contribution >= 0.6 is 11.6 Å². The number of amides is 4. The zero-order valence-electron chi connectivity index (χ0n) is 17.1. The van der Waals surface area contributed by atoms with Crippen LogP contribution in [-0.4, -0.2) is 36.5 Å². The van der Waals surface area contributed by atoms with Crippen LogP contribution in [0.3, 0.4) is 0 Å². The second kappa shape index (κ2) is 9.52. The molecule has 0 bridgehead atoms. The Morgan fingerprint density at radius 1 is 1.16 bits per heavy atom. The maximum Gasteiger partial charge on any atom is 0.335 e. The molecule has 1 atom stereocenters. The van der Waals surface area contributed by atoms with Crippen LogP contribution in [0.25, 0.3) is 6.08 Å². The molecule has 1 aliphatic heterocycles. The molecule has 0 aliphatic carbocycles. The molecule has 166 valence electrons. The Kier molecular flexibility index (Phi) is 6.79. The number of benzene rings is 2. The number of hydrogen-bond donors (Lipinski definition) is 1. The maximum absolute atomic E-state index is 12.9. The van der Waals surface area contributed by atoms with Crippen molar-refractivity contribution in [3.8, 4) is 11.5 Å². The summed E-state index contributed by atoms with van der Waals surface area (Å²) in [4.78, 5) is 49.3. The Bertz CT molecular complexity index is 1110. The summed E-state index contributed by atoms with van der Waals surface area (Å²) in [6, 6.07) is 9.54. The van der Waals surface area contributed by atoms with Crippen molar-refractivity contribution >= 4 is 47.2 Å². The maximum atomic E-state index is 12.9. The Morgan fingerprint density at radius 2 is 1.84 bits per heavy atom. The van der Waals surface area contributed by atoms with Gasteiger partial charge in [0.2, 0.25) is 0 Å². The van der Waals surface area contributed by atoms with E-state index in [0.717, 1.165) is 4.90 Å². The largest absolute Gasteiger partial charge is 0.546 e. The predicted octanol–water partition coefficient (Wildman–Crippen LogP) is 1.92. The minimum atomic E-state index is -1.39. The molecular formula is C22H18ClN2O7-. The highest BCUT2D eigenvalue weighted by Crippen LogP contribution is 2.31.